The second-order valence-electron chi connectivity index (χ2n) is 8.96. The lowest BCUT2D eigenvalue weighted by molar-refractivity contribution is 0.278. The first-order chi connectivity index (χ1) is 17.4. The molecule has 4 rings (SSSR count). The van der Waals surface area contributed by atoms with Crippen molar-refractivity contribution in [1.29, 1.82) is 0 Å². The molecule has 5 N–H and O–H groups in total. The van der Waals surface area contributed by atoms with Gasteiger partial charge in [-0.25, -0.2) is 4.79 Å². The predicted molar refractivity (Wildman–Crippen MR) is 150 cm³/mol. The van der Waals surface area contributed by atoms with Crippen molar-refractivity contribution in [2.45, 2.75) is 79.2 Å². The molecular weight excluding hydrogens is 454 g/mol. The van der Waals surface area contributed by atoms with Gasteiger partial charge in [0, 0.05) is 19.1 Å². The number of unbranched alkanes of at least 4 members (excludes halogenated alkanes) is 1. The summed E-state index contributed by atoms with van der Waals surface area (Å²) >= 11 is 0. The Balaban J connectivity index is 0.000000694. The maximum Gasteiger partial charge on any atom is 0.350 e. The van der Waals surface area contributed by atoms with Gasteiger partial charge in [-0.1, -0.05) is 46.6 Å². The molecule has 0 aliphatic carbocycles. The Labute approximate surface area is 216 Å². The Morgan fingerprint density at radius 3 is 2.61 bits per heavy atom. The number of aliphatic imine (C=N–C) groups is 1. The Hall–Kier alpha value is -3.07. The fraction of sp³-hybridized carbons (Fsp3) is 0.593. The number of benzene rings is 1. The number of nitrogens with zero attached hydrogens (tertiary/aromatic N) is 4. The molecule has 2 aromatic rings. The van der Waals surface area contributed by atoms with E-state index in [4.69, 9.17) is 16.2 Å². The second kappa shape index (κ2) is 15.1. The normalized spacial score (nSPS) is 16.3. The van der Waals surface area contributed by atoms with Crippen molar-refractivity contribution < 1.29 is 4.74 Å². The van der Waals surface area contributed by atoms with Gasteiger partial charge in [0.05, 0.1) is 11.9 Å². The van der Waals surface area contributed by atoms with E-state index in [1.165, 1.54) is 12.8 Å². The molecule has 0 amide bonds. The topological polar surface area (TPSA) is 124 Å². The van der Waals surface area contributed by atoms with Crippen molar-refractivity contribution in [3.05, 3.63) is 40.4 Å². The zero-order valence-electron chi connectivity index (χ0n) is 22.7. The summed E-state index contributed by atoms with van der Waals surface area (Å²) in [4.78, 5) is 23.5. The highest BCUT2D eigenvalue weighted by molar-refractivity contribution is 5.75. The smallest absolute Gasteiger partial charge is 0.350 e. The third-order valence-electron chi connectivity index (χ3n) is 6.14. The summed E-state index contributed by atoms with van der Waals surface area (Å²) in [5.74, 6) is 1.95. The van der Waals surface area contributed by atoms with E-state index in [9.17, 15) is 4.79 Å². The van der Waals surface area contributed by atoms with Crippen LogP contribution in [-0.2, 0) is 0 Å². The lowest BCUT2D eigenvalue weighted by Gasteiger charge is -2.24. The van der Waals surface area contributed by atoms with Crippen molar-refractivity contribution in [2.75, 3.05) is 31.5 Å². The maximum atomic E-state index is 12.7. The number of rotatable bonds is 6. The molecule has 0 bridgehead atoms. The standard InChI is InChI=1S/C21H29N7O2.C4H10.C2H6/c1-14-5-6-17-16(12-14)25-19-18(30-17)13-28(21(29)26-19)15-4-2-9-27(11-7-15)10-3-8-24-20(22)23;1-3-4-2;1-2/h5-6,12-13,15H,2-4,7-11H2,1H3,(H4,22,23,24)(H,25,26,29);3-4H2,1-2H3;1-2H3. The molecule has 36 heavy (non-hydrogen) atoms. The third kappa shape index (κ3) is 8.55. The molecular formula is C27H45N7O2. The minimum absolute atomic E-state index is 0.112. The first-order valence-electron chi connectivity index (χ1n) is 13.4. The zero-order valence-corrected chi connectivity index (χ0v) is 22.7. The van der Waals surface area contributed by atoms with Gasteiger partial charge >= 0.3 is 5.69 Å². The van der Waals surface area contributed by atoms with Crippen molar-refractivity contribution >= 4 is 17.5 Å². The molecule has 0 spiro atoms. The average molecular weight is 500 g/mol. The van der Waals surface area contributed by atoms with Crippen LogP contribution >= 0.6 is 0 Å². The van der Waals surface area contributed by atoms with E-state index < -0.39 is 0 Å². The van der Waals surface area contributed by atoms with Gasteiger partial charge in [-0.05, 0) is 63.4 Å². The highest BCUT2D eigenvalue weighted by Crippen LogP contribution is 2.40. The summed E-state index contributed by atoms with van der Waals surface area (Å²) in [6.07, 6.45) is 8.22. The molecule has 1 fully saturated rings. The lowest BCUT2D eigenvalue weighted by Crippen LogP contribution is -2.30. The molecule has 1 saturated heterocycles. The summed E-state index contributed by atoms with van der Waals surface area (Å²) < 4.78 is 7.77. The van der Waals surface area contributed by atoms with Crippen molar-refractivity contribution in [2.24, 2.45) is 16.5 Å². The minimum atomic E-state index is -0.243. The lowest BCUT2D eigenvalue weighted by atomic mass is 10.1. The zero-order chi connectivity index (χ0) is 26.5. The number of ether oxygens (including phenoxy) is 1. The molecule has 1 unspecified atom stereocenters. The number of fused-ring (bicyclic) bond motifs is 2. The second-order valence-corrected chi connectivity index (χ2v) is 8.96. The summed E-state index contributed by atoms with van der Waals surface area (Å²) in [6, 6.07) is 6.03. The third-order valence-corrected chi connectivity index (χ3v) is 6.14. The van der Waals surface area contributed by atoms with E-state index >= 15 is 0 Å². The van der Waals surface area contributed by atoms with Crippen LogP contribution in [-0.4, -0.2) is 46.6 Å². The minimum Gasteiger partial charge on any atom is -0.450 e. The summed E-state index contributed by atoms with van der Waals surface area (Å²) in [6.45, 7) is 13.9. The van der Waals surface area contributed by atoms with Gasteiger partial charge in [0.15, 0.2) is 23.3 Å². The average Bonchev–Trinajstić information content (AvgIpc) is 3.12. The molecule has 2 aliphatic heterocycles. The SMILES string of the molecule is CC.CCCC.Cc1ccc2c(c1)Nc1nc(=O)n(C3CCCN(CCCN=C(N)N)CC3)cc1O2. The van der Waals surface area contributed by atoms with Crippen LogP contribution in [0.25, 0.3) is 0 Å². The number of hydrogen-bond donors (Lipinski definition) is 3. The number of nitrogens with two attached hydrogens (primary N) is 2. The van der Waals surface area contributed by atoms with Gasteiger partial charge < -0.3 is 26.4 Å². The number of aromatic nitrogens is 2. The fourth-order valence-electron chi connectivity index (χ4n) is 4.10. The molecule has 3 heterocycles. The molecule has 1 atom stereocenters. The maximum absolute atomic E-state index is 12.7. The molecule has 0 radical (unpaired) electrons. The number of anilines is 2. The van der Waals surface area contributed by atoms with Crippen molar-refractivity contribution in [1.82, 2.24) is 14.5 Å². The van der Waals surface area contributed by atoms with Crippen LogP contribution in [0.15, 0.2) is 34.2 Å². The molecule has 0 saturated carbocycles. The quantitative estimate of drug-likeness (QED) is 0.250. The van der Waals surface area contributed by atoms with E-state index in [0.717, 1.165) is 62.3 Å². The Morgan fingerprint density at radius 1 is 1.17 bits per heavy atom. The first-order valence-corrected chi connectivity index (χ1v) is 13.4. The summed E-state index contributed by atoms with van der Waals surface area (Å²) in [7, 11) is 0. The Bertz CT molecular complexity index is 1030. The monoisotopic (exact) mass is 499 g/mol. The van der Waals surface area contributed by atoms with Crippen LogP contribution in [0, 0.1) is 6.92 Å². The molecule has 9 heteroatoms. The first kappa shape index (κ1) is 29.2. The van der Waals surface area contributed by atoms with Crippen LogP contribution in [0.2, 0.25) is 0 Å². The number of aryl methyl sites for hydroxylation is 1. The Morgan fingerprint density at radius 2 is 1.92 bits per heavy atom. The van der Waals surface area contributed by atoms with Crippen LogP contribution < -0.4 is 27.2 Å². The van der Waals surface area contributed by atoms with E-state index in [0.29, 0.717) is 18.1 Å². The van der Waals surface area contributed by atoms with E-state index in [-0.39, 0.29) is 17.7 Å². The highest BCUT2D eigenvalue weighted by atomic mass is 16.5. The Kier molecular flexibility index (Phi) is 12.3. The molecule has 1 aromatic carbocycles. The van der Waals surface area contributed by atoms with E-state index in [1.54, 1.807) is 10.8 Å². The van der Waals surface area contributed by atoms with E-state index in [2.05, 4.69) is 34.0 Å². The number of likely N-dealkylation sites (tertiary alicyclic amines) is 1. The summed E-state index contributed by atoms with van der Waals surface area (Å²) in [5, 5.41) is 3.22. The van der Waals surface area contributed by atoms with Crippen LogP contribution in [0.5, 0.6) is 11.5 Å². The van der Waals surface area contributed by atoms with Gasteiger partial charge in [0.2, 0.25) is 0 Å². The van der Waals surface area contributed by atoms with Gasteiger partial charge in [-0.2, -0.15) is 4.98 Å². The van der Waals surface area contributed by atoms with Crippen LogP contribution in [0.1, 0.15) is 77.8 Å². The van der Waals surface area contributed by atoms with Gasteiger partial charge in [-0.15, -0.1) is 0 Å². The van der Waals surface area contributed by atoms with Crippen LogP contribution in [0.3, 0.4) is 0 Å². The number of nitrogens with one attached hydrogen (secondary N) is 1. The fourth-order valence-corrected chi connectivity index (χ4v) is 4.10. The van der Waals surface area contributed by atoms with Crippen molar-refractivity contribution in [3.63, 3.8) is 0 Å². The molecule has 200 valence electrons. The molecule has 9 nitrogen and oxygen atoms in total. The summed E-state index contributed by atoms with van der Waals surface area (Å²) in [5.41, 5.74) is 12.5. The number of hydrogen-bond acceptors (Lipinski definition) is 6. The highest BCUT2D eigenvalue weighted by Gasteiger charge is 2.24. The van der Waals surface area contributed by atoms with E-state index in [1.807, 2.05) is 39.0 Å². The van der Waals surface area contributed by atoms with Crippen LogP contribution in [0.4, 0.5) is 11.5 Å². The van der Waals surface area contributed by atoms with Gasteiger partial charge in [0.1, 0.15) is 0 Å². The molecule has 2 aliphatic rings. The van der Waals surface area contributed by atoms with Crippen molar-refractivity contribution in [3.8, 4) is 11.5 Å². The predicted octanol–water partition coefficient (Wildman–Crippen LogP) is 4.92. The van der Waals surface area contributed by atoms with Gasteiger partial charge in [-0.3, -0.25) is 9.56 Å². The number of guanidine groups is 1. The molecule has 1 aromatic heterocycles. The van der Waals surface area contributed by atoms with Gasteiger partial charge in [0.25, 0.3) is 0 Å². The largest absolute Gasteiger partial charge is 0.450 e.